The molecule has 0 aromatic heterocycles. The van der Waals surface area contributed by atoms with E-state index in [0.29, 0.717) is 36.0 Å². The maximum Gasteiger partial charge on any atom is 0.251 e. The van der Waals surface area contributed by atoms with Crippen LogP contribution < -0.4 is 20.1 Å². The Morgan fingerprint density at radius 2 is 1.73 bits per heavy atom. The van der Waals surface area contributed by atoms with Crippen molar-refractivity contribution < 1.29 is 19.1 Å². The Labute approximate surface area is 161 Å². The molecule has 0 aliphatic heterocycles. The minimum Gasteiger partial charge on any atom is -0.490 e. The number of benzene rings is 2. The summed E-state index contributed by atoms with van der Waals surface area (Å²) in [5.74, 6) is 0.531. The van der Waals surface area contributed by atoms with Gasteiger partial charge < -0.3 is 20.1 Å². The molecule has 0 saturated carbocycles. The molecule has 6 nitrogen and oxygen atoms in total. The number of amides is 2. The van der Waals surface area contributed by atoms with E-state index < -0.39 is 0 Å². The highest BCUT2D eigenvalue weighted by molar-refractivity contribution is 9.10. The molecular weight excluding hydrogens is 400 g/mol. The molecule has 0 unspecified atom stereocenters. The lowest BCUT2D eigenvalue weighted by atomic mass is 10.2. The highest BCUT2D eigenvalue weighted by Crippen LogP contribution is 2.30. The zero-order valence-corrected chi connectivity index (χ0v) is 16.3. The fourth-order valence-electron chi connectivity index (χ4n) is 2.23. The van der Waals surface area contributed by atoms with Crippen molar-refractivity contribution in [2.45, 2.75) is 13.8 Å². The quantitative estimate of drug-likeness (QED) is 0.683. The molecule has 0 fully saturated rings. The molecule has 0 aliphatic carbocycles. The van der Waals surface area contributed by atoms with Crippen molar-refractivity contribution >= 4 is 33.4 Å². The van der Waals surface area contributed by atoms with E-state index in [1.165, 1.54) is 0 Å². The molecule has 7 heteroatoms. The van der Waals surface area contributed by atoms with Crippen molar-refractivity contribution in [3.05, 3.63) is 52.5 Å². The first-order chi connectivity index (χ1) is 12.5. The number of anilines is 1. The van der Waals surface area contributed by atoms with Crippen LogP contribution in [0.2, 0.25) is 0 Å². The molecule has 2 N–H and O–H groups in total. The van der Waals surface area contributed by atoms with Gasteiger partial charge in [0.05, 0.1) is 19.8 Å². The van der Waals surface area contributed by atoms with Gasteiger partial charge in [0.25, 0.3) is 5.91 Å². The molecule has 138 valence electrons. The Balaban J connectivity index is 1.94. The summed E-state index contributed by atoms with van der Waals surface area (Å²) in [4.78, 5) is 24.1. The van der Waals surface area contributed by atoms with Crippen molar-refractivity contribution in [2.75, 3.05) is 25.1 Å². The summed E-state index contributed by atoms with van der Waals surface area (Å²) in [5.41, 5.74) is 1.05. The molecule has 0 spiro atoms. The first-order valence-electron chi connectivity index (χ1n) is 8.26. The maximum atomic E-state index is 12.1. The lowest BCUT2D eigenvalue weighted by Gasteiger charge is -2.13. The molecule has 0 bridgehead atoms. The second kappa shape index (κ2) is 9.82. The van der Waals surface area contributed by atoms with Crippen LogP contribution >= 0.6 is 15.9 Å². The summed E-state index contributed by atoms with van der Waals surface area (Å²) in [6, 6.07) is 12.1. The number of hydrogen-bond acceptors (Lipinski definition) is 4. The monoisotopic (exact) mass is 420 g/mol. The fourth-order valence-corrected chi connectivity index (χ4v) is 2.63. The minimum absolute atomic E-state index is 0.136. The number of hydrogen-bond donors (Lipinski definition) is 2. The van der Waals surface area contributed by atoms with E-state index in [1.54, 1.807) is 36.4 Å². The van der Waals surface area contributed by atoms with Gasteiger partial charge in [-0.05, 0) is 44.2 Å². The first kappa shape index (κ1) is 19.8. The highest BCUT2D eigenvalue weighted by Gasteiger charge is 2.11. The largest absolute Gasteiger partial charge is 0.490 e. The second-order valence-electron chi connectivity index (χ2n) is 5.27. The van der Waals surface area contributed by atoms with Gasteiger partial charge in [-0.15, -0.1) is 0 Å². The lowest BCUT2D eigenvalue weighted by Crippen LogP contribution is -2.32. The van der Waals surface area contributed by atoms with Gasteiger partial charge in [-0.25, -0.2) is 0 Å². The van der Waals surface area contributed by atoms with Gasteiger partial charge in [0.1, 0.15) is 0 Å². The van der Waals surface area contributed by atoms with Gasteiger partial charge in [0.2, 0.25) is 5.91 Å². The van der Waals surface area contributed by atoms with Crippen molar-refractivity contribution in [3.63, 3.8) is 0 Å². The van der Waals surface area contributed by atoms with Crippen molar-refractivity contribution in [1.29, 1.82) is 0 Å². The average Bonchev–Trinajstić information content (AvgIpc) is 2.62. The van der Waals surface area contributed by atoms with Crippen LogP contribution in [0, 0.1) is 0 Å². The van der Waals surface area contributed by atoms with Crippen LogP contribution in [0.3, 0.4) is 0 Å². The van der Waals surface area contributed by atoms with Gasteiger partial charge in [0, 0.05) is 21.8 Å². The summed E-state index contributed by atoms with van der Waals surface area (Å²) >= 11 is 3.31. The van der Waals surface area contributed by atoms with Crippen LogP contribution in [0.25, 0.3) is 0 Å². The molecule has 2 rings (SSSR count). The van der Waals surface area contributed by atoms with Crippen LogP contribution in [0.15, 0.2) is 46.9 Å². The Hall–Kier alpha value is -2.54. The van der Waals surface area contributed by atoms with Gasteiger partial charge >= 0.3 is 0 Å². The fraction of sp³-hybridized carbons (Fsp3) is 0.263. The topological polar surface area (TPSA) is 76.7 Å². The second-order valence-corrected chi connectivity index (χ2v) is 6.18. The first-order valence-corrected chi connectivity index (χ1v) is 9.06. The number of ether oxygens (including phenoxy) is 2. The zero-order chi connectivity index (χ0) is 18.9. The molecule has 0 aliphatic rings. The van der Waals surface area contributed by atoms with Crippen LogP contribution in [-0.4, -0.2) is 31.6 Å². The lowest BCUT2D eigenvalue weighted by molar-refractivity contribution is -0.115. The Bertz CT molecular complexity index is 780. The van der Waals surface area contributed by atoms with E-state index in [2.05, 4.69) is 26.6 Å². The summed E-state index contributed by atoms with van der Waals surface area (Å²) in [6.45, 7) is 4.63. The molecular formula is C19H21BrN2O4. The average molecular weight is 421 g/mol. The number of nitrogens with one attached hydrogen (secondary N) is 2. The van der Waals surface area contributed by atoms with E-state index in [-0.39, 0.29) is 18.4 Å². The van der Waals surface area contributed by atoms with E-state index in [4.69, 9.17) is 9.47 Å². The number of carbonyl (C=O) groups is 2. The standard InChI is InChI=1S/C19H21BrN2O4/c1-3-25-16-9-8-15(11-17(16)26-4-2)22-18(23)12-21-19(24)13-6-5-7-14(20)10-13/h5-11H,3-4,12H2,1-2H3,(H,21,24)(H,22,23). The van der Waals surface area contributed by atoms with Gasteiger partial charge in [-0.1, -0.05) is 22.0 Å². The number of halogens is 1. The molecule has 2 aromatic rings. The van der Waals surface area contributed by atoms with E-state index in [0.717, 1.165) is 4.47 Å². The summed E-state index contributed by atoms with van der Waals surface area (Å²) in [7, 11) is 0. The van der Waals surface area contributed by atoms with Gasteiger partial charge in [-0.2, -0.15) is 0 Å². The Kier molecular flexibility index (Phi) is 7.47. The predicted molar refractivity (Wildman–Crippen MR) is 104 cm³/mol. The molecule has 2 aromatic carbocycles. The van der Waals surface area contributed by atoms with E-state index >= 15 is 0 Å². The third-order valence-electron chi connectivity index (χ3n) is 3.32. The van der Waals surface area contributed by atoms with Crippen LogP contribution in [-0.2, 0) is 4.79 Å². The minimum atomic E-state index is -0.333. The molecule has 26 heavy (non-hydrogen) atoms. The predicted octanol–water partition coefficient (Wildman–Crippen LogP) is 3.62. The Morgan fingerprint density at radius 1 is 1.00 bits per heavy atom. The summed E-state index contributed by atoms with van der Waals surface area (Å²) in [6.07, 6.45) is 0. The summed E-state index contributed by atoms with van der Waals surface area (Å²) < 4.78 is 11.8. The van der Waals surface area contributed by atoms with Gasteiger partial charge in [-0.3, -0.25) is 9.59 Å². The van der Waals surface area contributed by atoms with E-state index in [1.807, 2.05) is 19.9 Å². The maximum absolute atomic E-state index is 12.1. The normalized spacial score (nSPS) is 10.1. The van der Waals surface area contributed by atoms with Crippen molar-refractivity contribution in [2.24, 2.45) is 0 Å². The molecule has 0 radical (unpaired) electrons. The van der Waals surface area contributed by atoms with Crippen molar-refractivity contribution in [3.8, 4) is 11.5 Å². The van der Waals surface area contributed by atoms with Crippen LogP contribution in [0.4, 0.5) is 5.69 Å². The SMILES string of the molecule is CCOc1ccc(NC(=O)CNC(=O)c2cccc(Br)c2)cc1OCC. The highest BCUT2D eigenvalue weighted by atomic mass is 79.9. The number of rotatable bonds is 8. The summed E-state index contributed by atoms with van der Waals surface area (Å²) in [5, 5.41) is 5.32. The van der Waals surface area contributed by atoms with Gasteiger partial charge in [0.15, 0.2) is 11.5 Å². The van der Waals surface area contributed by atoms with E-state index in [9.17, 15) is 9.59 Å². The Morgan fingerprint density at radius 3 is 2.42 bits per heavy atom. The van der Waals surface area contributed by atoms with Crippen LogP contribution in [0.5, 0.6) is 11.5 Å². The molecule has 2 amide bonds. The molecule has 0 atom stereocenters. The molecule has 0 saturated heterocycles. The smallest absolute Gasteiger partial charge is 0.251 e. The molecule has 0 heterocycles. The van der Waals surface area contributed by atoms with Crippen molar-refractivity contribution in [1.82, 2.24) is 5.32 Å². The number of carbonyl (C=O) groups excluding carboxylic acids is 2. The zero-order valence-electron chi connectivity index (χ0n) is 14.7. The van der Waals surface area contributed by atoms with Crippen LogP contribution in [0.1, 0.15) is 24.2 Å². The third-order valence-corrected chi connectivity index (χ3v) is 3.82. The third kappa shape index (κ3) is 5.77.